The number of fused-ring (bicyclic) bond motifs is 1. The highest BCUT2D eigenvalue weighted by atomic mass is 32.2. The van der Waals surface area contributed by atoms with E-state index in [1.54, 1.807) is 19.1 Å². The molecule has 0 saturated carbocycles. The Morgan fingerprint density at radius 2 is 2.21 bits per heavy atom. The van der Waals surface area contributed by atoms with Crippen LogP contribution in [0, 0.1) is 0 Å². The number of carbonyl (C=O) groups excluding carboxylic acids is 1. The molecule has 5 nitrogen and oxygen atoms in total. The van der Waals surface area contributed by atoms with Crippen LogP contribution in [0.3, 0.4) is 0 Å². The molecule has 1 aromatic carbocycles. The number of hydrogen-bond donors (Lipinski definition) is 1. The van der Waals surface area contributed by atoms with Gasteiger partial charge in [0, 0.05) is 18.9 Å². The number of sulfonamides is 1. The van der Waals surface area contributed by atoms with Crippen LogP contribution in [-0.4, -0.2) is 26.8 Å². The molecule has 1 unspecified atom stereocenters. The first kappa shape index (κ1) is 14.0. The van der Waals surface area contributed by atoms with Gasteiger partial charge >= 0.3 is 0 Å². The molecule has 1 aliphatic rings. The highest BCUT2D eigenvalue weighted by Crippen LogP contribution is 2.27. The lowest BCUT2D eigenvalue weighted by molar-refractivity contribution is -0.117. The Kier molecular flexibility index (Phi) is 3.91. The summed E-state index contributed by atoms with van der Waals surface area (Å²) < 4.78 is 32.2. The summed E-state index contributed by atoms with van der Waals surface area (Å²) in [4.78, 5) is 11.2. The summed E-state index contributed by atoms with van der Waals surface area (Å²) in [6, 6.07) is 4.41. The van der Waals surface area contributed by atoms with Crippen molar-refractivity contribution in [3.8, 4) is 5.75 Å². The first-order valence-electron chi connectivity index (χ1n) is 6.16. The summed E-state index contributed by atoms with van der Waals surface area (Å²) in [6.07, 6.45) is 0.912. The molecular formula is C13H17NO4S. The average Bonchev–Trinajstić information content (AvgIpc) is 2.73. The lowest BCUT2D eigenvalue weighted by atomic mass is 10.2. The second-order valence-electron chi connectivity index (χ2n) is 4.80. The Labute approximate surface area is 113 Å². The van der Waals surface area contributed by atoms with Gasteiger partial charge < -0.3 is 4.74 Å². The number of ketones is 1. The Balaban J connectivity index is 2.18. The van der Waals surface area contributed by atoms with Gasteiger partial charge in [-0.3, -0.25) is 4.79 Å². The van der Waals surface area contributed by atoms with Crippen LogP contribution in [0.5, 0.6) is 5.75 Å². The second kappa shape index (κ2) is 5.30. The maximum atomic E-state index is 12.2. The van der Waals surface area contributed by atoms with Gasteiger partial charge in [0.15, 0.2) is 0 Å². The van der Waals surface area contributed by atoms with E-state index >= 15 is 0 Å². The van der Waals surface area contributed by atoms with Crippen LogP contribution in [0.4, 0.5) is 0 Å². The molecule has 0 aromatic heterocycles. The quantitative estimate of drug-likeness (QED) is 0.883. The van der Waals surface area contributed by atoms with Gasteiger partial charge in [0.05, 0.1) is 11.5 Å². The van der Waals surface area contributed by atoms with E-state index in [-0.39, 0.29) is 17.1 Å². The van der Waals surface area contributed by atoms with Crippen molar-refractivity contribution < 1.29 is 17.9 Å². The lowest BCUT2D eigenvalue weighted by Gasteiger charge is -2.13. The van der Waals surface area contributed by atoms with Crippen molar-refractivity contribution in [1.82, 2.24) is 4.72 Å². The molecule has 1 atom stereocenters. The molecule has 0 fully saturated rings. The fourth-order valence-electron chi connectivity index (χ4n) is 2.14. The van der Waals surface area contributed by atoms with Crippen LogP contribution in [-0.2, 0) is 21.2 Å². The maximum absolute atomic E-state index is 12.2. The average molecular weight is 283 g/mol. The van der Waals surface area contributed by atoms with E-state index in [2.05, 4.69) is 4.72 Å². The Morgan fingerprint density at radius 1 is 1.47 bits per heavy atom. The zero-order valence-corrected chi connectivity index (χ0v) is 11.8. The second-order valence-corrected chi connectivity index (χ2v) is 6.51. The Hall–Kier alpha value is -1.40. The first-order chi connectivity index (χ1) is 8.88. The summed E-state index contributed by atoms with van der Waals surface area (Å²) in [5.74, 6) is 0.702. The minimum absolute atomic E-state index is 0.0439. The molecule has 19 heavy (non-hydrogen) atoms. The SMILES string of the molecule is CC(=O)CC(C)NS(=O)(=O)c1ccc2c(c1)CCO2. The molecule has 104 valence electrons. The summed E-state index contributed by atoms with van der Waals surface area (Å²) in [5, 5.41) is 0. The van der Waals surface area contributed by atoms with Gasteiger partial charge in [-0.05, 0) is 37.6 Å². The molecule has 1 heterocycles. The molecule has 1 aromatic rings. The topological polar surface area (TPSA) is 72.5 Å². The Morgan fingerprint density at radius 3 is 2.89 bits per heavy atom. The normalized spacial score (nSPS) is 15.7. The van der Waals surface area contributed by atoms with Crippen LogP contribution in [0.15, 0.2) is 23.1 Å². The van der Waals surface area contributed by atoms with Crippen LogP contribution < -0.4 is 9.46 Å². The van der Waals surface area contributed by atoms with Crippen molar-refractivity contribution in [3.63, 3.8) is 0 Å². The fraction of sp³-hybridized carbons (Fsp3) is 0.462. The predicted molar refractivity (Wildman–Crippen MR) is 70.7 cm³/mol. The number of rotatable bonds is 5. The van der Waals surface area contributed by atoms with Gasteiger partial charge in [0.2, 0.25) is 10.0 Å². The molecule has 0 aliphatic carbocycles. The molecular weight excluding hydrogens is 266 g/mol. The smallest absolute Gasteiger partial charge is 0.240 e. The lowest BCUT2D eigenvalue weighted by Crippen LogP contribution is -2.33. The predicted octanol–water partition coefficient (Wildman–Crippen LogP) is 1.27. The highest BCUT2D eigenvalue weighted by Gasteiger charge is 2.21. The van der Waals surface area contributed by atoms with Gasteiger partial charge in [0.25, 0.3) is 0 Å². The van der Waals surface area contributed by atoms with Crippen LogP contribution in [0.1, 0.15) is 25.8 Å². The molecule has 0 amide bonds. The van der Waals surface area contributed by atoms with E-state index in [1.807, 2.05) is 0 Å². The van der Waals surface area contributed by atoms with E-state index in [0.717, 1.165) is 17.7 Å². The largest absolute Gasteiger partial charge is 0.493 e. The van der Waals surface area contributed by atoms with Crippen molar-refractivity contribution in [2.75, 3.05) is 6.61 Å². The summed E-state index contributed by atoms with van der Waals surface area (Å²) in [6.45, 7) is 3.71. The zero-order chi connectivity index (χ0) is 14.0. The molecule has 1 N–H and O–H groups in total. The van der Waals surface area contributed by atoms with E-state index in [1.165, 1.54) is 13.0 Å². The van der Waals surface area contributed by atoms with E-state index in [4.69, 9.17) is 4.74 Å². The van der Waals surface area contributed by atoms with E-state index < -0.39 is 16.1 Å². The highest BCUT2D eigenvalue weighted by molar-refractivity contribution is 7.89. The summed E-state index contributed by atoms with van der Waals surface area (Å²) in [7, 11) is -3.58. The zero-order valence-electron chi connectivity index (χ0n) is 11.0. The van der Waals surface area contributed by atoms with Crippen molar-refractivity contribution in [2.45, 2.75) is 37.6 Å². The van der Waals surface area contributed by atoms with Crippen molar-refractivity contribution in [3.05, 3.63) is 23.8 Å². The van der Waals surface area contributed by atoms with Gasteiger partial charge in [-0.25, -0.2) is 13.1 Å². The molecule has 6 heteroatoms. The minimum Gasteiger partial charge on any atom is -0.493 e. The van der Waals surface area contributed by atoms with Crippen molar-refractivity contribution in [2.24, 2.45) is 0 Å². The summed E-state index contributed by atoms with van der Waals surface area (Å²) >= 11 is 0. The number of ether oxygens (including phenoxy) is 1. The third-order valence-corrected chi connectivity index (χ3v) is 4.51. The van der Waals surface area contributed by atoms with Crippen LogP contribution >= 0.6 is 0 Å². The molecule has 1 aliphatic heterocycles. The molecule has 0 radical (unpaired) electrons. The molecule has 2 rings (SSSR count). The summed E-state index contributed by atoms with van der Waals surface area (Å²) in [5.41, 5.74) is 0.905. The van der Waals surface area contributed by atoms with Gasteiger partial charge in [0.1, 0.15) is 11.5 Å². The number of nitrogens with one attached hydrogen (secondary N) is 1. The number of benzene rings is 1. The van der Waals surface area contributed by atoms with Crippen molar-refractivity contribution in [1.29, 1.82) is 0 Å². The number of carbonyl (C=O) groups is 1. The van der Waals surface area contributed by atoms with E-state index in [9.17, 15) is 13.2 Å². The minimum atomic E-state index is -3.58. The Bertz CT molecular complexity index is 595. The standard InChI is InChI=1S/C13H17NO4S/c1-9(7-10(2)15)14-19(16,17)12-3-4-13-11(8-12)5-6-18-13/h3-4,8-9,14H,5-7H2,1-2H3. The van der Waals surface area contributed by atoms with Gasteiger partial charge in [-0.1, -0.05) is 0 Å². The van der Waals surface area contributed by atoms with Crippen molar-refractivity contribution >= 4 is 15.8 Å². The van der Waals surface area contributed by atoms with Gasteiger partial charge in [-0.15, -0.1) is 0 Å². The first-order valence-corrected chi connectivity index (χ1v) is 7.64. The molecule has 0 bridgehead atoms. The fourth-order valence-corrected chi connectivity index (χ4v) is 3.43. The number of hydrogen-bond acceptors (Lipinski definition) is 4. The third kappa shape index (κ3) is 3.33. The number of Topliss-reactive ketones (excluding diaryl/α,β-unsaturated/α-hetero) is 1. The molecule has 0 saturated heterocycles. The third-order valence-electron chi connectivity index (χ3n) is 2.92. The maximum Gasteiger partial charge on any atom is 0.240 e. The van der Waals surface area contributed by atoms with E-state index in [0.29, 0.717) is 6.61 Å². The monoisotopic (exact) mass is 283 g/mol. The van der Waals surface area contributed by atoms with Crippen LogP contribution in [0.2, 0.25) is 0 Å². The van der Waals surface area contributed by atoms with Gasteiger partial charge in [-0.2, -0.15) is 0 Å². The van der Waals surface area contributed by atoms with Crippen LogP contribution in [0.25, 0.3) is 0 Å². The molecule has 0 spiro atoms.